The van der Waals surface area contributed by atoms with Crippen LogP contribution in [0.5, 0.6) is 5.75 Å². The molecule has 1 fully saturated rings. The van der Waals surface area contributed by atoms with E-state index in [9.17, 15) is 0 Å². The van der Waals surface area contributed by atoms with Gasteiger partial charge in [0.25, 0.3) is 0 Å². The molecule has 1 atom stereocenters. The fraction of sp³-hybridized carbons (Fsp3) is 0.478. The van der Waals surface area contributed by atoms with Crippen molar-refractivity contribution in [3.05, 3.63) is 59.2 Å². The smallest absolute Gasteiger partial charge is 0.119 e. The van der Waals surface area contributed by atoms with Gasteiger partial charge in [-0.15, -0.1) is 0 Å². The Labute approximate surface area is 172 Å². The zero-order valence-corrected chi connectivity index (χ0v) is 17.6. The zero-order chi connectivity index (χ0) is 20.2. The lowest BCUT2D eigenvalue weighted by Crippen LogP contribution is -2.20. The van der Waals surface area contributed by atoms with E-state index >= 15 is 0 Å². The van der Waals surface area contributed by atoms with E-state index in [-0.39, 0.29) is 6.04 Å². The van der Waals surface area contributed by atoms with Crippen LogP contribution in [0.4, 0.5) is 0 Å². The van der Waals surface area contributed by atoms with E-state index in [1.54, 1.807) is 7.11 Å². The second kappa shape index (κ2) is 8.82. The minimum Gasteiger partial charge on any atom is -0.497 e. The van der Waals surface area contributed by atoms with Crippen molar-refractivity contribution in [3.63, 3.8) is 0 Å². The number of hydrogen-bond donors (Lipinski definition) is 2. The molecule has 1 saturated carbocycles. The molecule has 1 aliphatic carbocycles. The maximum Gasteiger partial charge on any atom is 0.119 e. The molecule has 0 aliphatic heterocycles. The lowest BCUT2D eigenvalue weighted by Gasteiger charge is -2.22. The first-order valence-corrected chi connectivity index (χ1v) is 10.6. The highest BCUT2D eigenvalue weighted by molar-refractivity contribution is 5.39. The number of hydrogen-bond acceptors (Lipinski definition) is 4. The Morgan fingerprint density at radius 3 is 2.66 bits per heavy atom. The van der Waals surface area contributed by atoms with Gasteiger partial charge in [0.1, 0.15) is 5.75 Å². The highest BCUT2D eigenvalue weighted by Crippen LogP contribution is 2.33. The van der Waals surface area contributed by atoms with Crippen molar-refractivity contribution in [2.45, 2.75) is 64.5 Å². The first-order valence-electron chi connectivity index (χ1n) is 10.6. The van der Waals surface area contributed by atoms with E-state index in [0.717, 1.165) is 23.7 Å². The van der Waals surface area contributed by atoms with Crippen LogP contribution >= 0.6 is 0 Å². The second-order valence-corrected chi connectivity index (χ2v) is 8.04. The summed E-state index contributed by atoms with van der Waals surface area (Å²) < 4.78 is 7.24. The molecule has 2 heterocycles. The average molecular weight is 394 g/mol. The Bertz CT molecular complexity index is 921. The minimum absolute atomic E-state index is 0.205. The number of nitrogens with zero attached hydrogens (tertiary/aromatic N) is 3. The van der Waals surface area contributed by atoms with Gasteiger partial charge in [0.05, 0.1) is 25.2 Å². The van der Waals surface area contributed by atoms with Crippen molar-refractivity contribution >= 4 is 0 Å². The topological polar surface area (TPSA) is 67.8 Å². The third-order valence-corrected chi connectivity index (χ3v) is 6.19. The predicted octanol–water partition coefficient (Wildman–Crippen LogP) is 4.81. The molecule has 0 radical (unpaired) electrons. The molecule has 4 rings (SSSR count). The number of H-pyrrole nitrogens is 1. The number of aromatic nitrogens is 4. The SMILES string of the molecule is COc1ccc(-n2ncc([C@@H](C)NCc3cn[nH]c3C3CCCCC3)c2C)cc1. The molecule has 0 unspecified atom stereocenters. The van der Waals surface area contributed by atoms with Crippen LogP contribution in [-0.2, 0) is 6.54 Å². The van der Waals surface area contributed by atoms with Crippen molar-refractivity contribution in [1.29, 1.82) is 0 Å². The molecule has 29 heavy (non-hydrogen) atoms. The quantitative estimate of drug-likeness (QED) is 0.604. The average Bonchev–Trinajstić information content (AvgIpc) is 3.39. The third kappa shape index (κ3) is 4.22. The molecule has 0 spiro atoms. The Hall–Kier alpha value is -2.60. The lowest BCUT2D eigenvalue weighted by atomic mass is 9.85. The first-order chi connectivity index (χ1) is 14.2. The van der Waals surface area contributed by atoms with Crippen molar-refractivity contribution in [3.8, 4) is 11.4 Å². The normalized spacial score (nSPS) is 16.1. The molecule has 2 N–H and O–H groups in total. The first kappa shape index (κ1) is 19.7. The molecule has 154 valence electrons. The molecule has 1 aromatic carbocycles. The number of rotatable bonds is 7. The molecular formula is C23H31N5O. The van der Waals surface area contributed by atoms with Crippen LogP contribution in [0, 0.1) is 6.92 Å². The molecule has 3 aromatic rings. The van der Waals surface area contributed by atoms with Crippen molar-refractivity contribution in [2.75, 3.05) is 7.11 Å². The van der Waals surface area contributed by atoms with Gasteiger partial charge in [0, 0.05) is 41.0 Å². The summed E-state index contributed by atoms with van der Waals surface area (Å²) in [6.45, 7) is 5.13. The van der Waals surface area contributed by atoms with Gasteiger partial charge >= 0.3 is 0 Å². The van der Waals surface area contributed by atoms with Gasteiger partial charge < -0.3 is 10.1 Å². The maximum absolute atomic E-state index is 5.25. The largest absolute Gasteiger partial charge is 0.497 e. The standard InChI is InChI=1S/C23H31N5O/c1-16(24-13-19-14-25-27-23(19)18-7-5-4-6-8-18)22-15-26-28(17(22)2)20-9-11-21(29-3)12-10-20/h9-12,14-16,18,24H,4-8,13H2,1-3H3,(H,25,27)/t16-/m1/s1. The van der Waals surface area contributed by atoms with Crippen LogP contribution in [0.3, 0.4) is 0 Å². The fourth-order valence-electron chi connectivity index (χ4n) is 4.41. The summed E-state index contributed by atoms with van der Waals surface area (Å²) in [7, 11) is 1.68. The molecular weight excluding hydrogens is 362 g/mol. The molecule has 1 aliphatic rings. The summed E-state index contributed by atoms with van der Waals surface area (Å²) in [6.07, 6.45) is 10.5. The van der Waals surface area contributed by atoms with Crippen LogP contribution in [0.15, 0.2) is 36.7 Å². The highest BCUT2D eigenvalue weighted by Gasteiger charge is 2.21. The van der Waals surface area contributed by atoms with Crippen LogP contribution in [0.1, 0.15) is 73.5 Å². The molecule has 6 heteroatoms. The summed E-state index contributed by atoms with van der Waals surface area (Å²) in [5.41, 5.74) is 6.02. The monoisotopic (exact) mass is 393 g/mol. The third-order valence-electron chi connectivity index (χ3n) is 6.19. The number of ether oxygens (including phenoxy) is 1. The van der Waals surface area contributed by atoms with Crippen molar-refractivity contribution in [2.24, 2.45) is 0 Å². The van der Waals surface area contributed by atoms with Crippen LogP contribution in [0.25, 0.3) is 5.69 Å². The summed E-state index contributed by atoms with van der Waals surface area (Å²) in [5.74, 6) is 1.49. The van der Waals surface area contributed by atoms with E-state index in [1.807, 2.05) is 41.3 Å². The van der Waals surface area contributed by atoms with E-state index in [2.05, 4.69) is 34.5 Å². The van der Waals surface area contributed by atoms with Gasteiger partial charge in [0.15, 0.2) is 0 Å². The molecule has 6 nitrogen and oxygen atoms in total. The minimum atomic E-state index is 0.205. The molecule has 2 aromatic heterocycles. The van der Waals surface area contributed by atoms with Crippen LogP contribution < -0.4 is 10.1 Å². The number of nitrogens with one attached hydrogen (secondary N) is 2. The Balaban J connectivity index is 1.44. The second-order valence-electron chi connectivity index (χ2n) is 8.04. The number of aromatic amines is 1. The van der Waals surface area contributed by atoms with Gasteiger partial charge in [-0.25, -0.2) is 4.68 Å². The zero-order valence-electron chi connectivity index (χ0n) is 17.6. The van der Waals surface area contributed by atoms with E-state index in [1.165, 1.54) is 48.9 Å². The summed E-state index contributed by atoms with van der Waals surface area (Å²) >= 11 is 0. The van der Waals surface area contributed by atoms with Crippen molar-refractivity contribution < 1.29 is 4.74 Å². The number of methoxy groups -OCH3 is 1. The van der Waals surface area contributed by atoms with E-state index in [4.69, 9.17) is 4.74 Å². The molecule has 0 saturated heterocycles. The van der Waals surface area contributed by atoms with Gasteiger partial charge in [0.2, 0.25) is 0 Å². The lowest BCUT2D eigenvalue weighted by molar-refractivity contribution is 0.414. The summed E-state index contributed by atoms with van der Waals surface area (Å²) in [4.78, 5) is 0. The van der Waals surface area contributed by atoms with Crippen LogP contribution in [0.2, 0.25) is 0 Å². The highest BCUT2D eigenvalue weighted by atomic mass is 16.5. The predicted molar refractivity (Wildman–Crippen MR) is 115 cm³/mol. The van der Waals surface area contributed by atoms with E-state index in [0.29, 0.717) is 5.92 Å². The van der Waals surface area contributed by atoms with Gasteiger partial charge in [-0.05, 0) is 51.0 Å². The van der Waals surface area contributed by atoms with Gasteiger partial charge in [-0.2, -0.15) is 10.2 Å². The molecule has 0 amide bonds. The summed E-state index contributed by atoms with van der Waals surface area (Å²) in [6, 6.07) is 8.19. The van der Waals surface area contributed by atoms with Gasteiger partial charge in [-0.3, -0.25) is 5.10 Å². The Morgan fingerprint density at radius 1 is 1.17 bits per heavy atom. The Morgan fingerprint density at radius 2 is 1.93 bits per heavy atom. The number of benzene rings is 1. The summed E-state index contributed by atoms with van der Waals surface area (Å²) in [5, 5.41) is 15.9. The maximum atomic E-state index is 5.25. The molecule has 0 bridgehead atoms. The fourth-order valence-corrected chi connectivity index (χ4v) is 4.41. The van der Waals surface area contributed by atoms with Crippen molar-refractivity contribution in [1.82, 2.24) is 25.3 Å². The van der Waals surface area contributed by atoms with Gasteiger partial charge in [-0.1, -0.05) is 19.3 Å². The van der Waals surface area contributed by atoms with E-state index < -0.39 is 0 Å². The Kier molecular flexibility index (Phi) is 6.00. The van der Waals surface area contributed by atoms with Crippen LogP contribution in [-0.4, -0.2) is 27.1 Å².